The van der Waals surface area contributed by atoms with Gasteiger partial charge in [0.25, 0.3) is 0 Å². The minimum atomic E-state index is -5.25. The maximum atomic E-state index is 10.1. The van der Waals surface area contributed by atoms with Crippen molar-refractivity contribution in [2.75, 3.05) is 0 Å². The van der Waals surface area contributed by atoms with E-state index in [2.05, 4.69) is 8.62 Å². The topological polar surface area (TPSA) is 328 Å². The van der Waals surface area contributed by atoms with Crippen LogP contribution in [0.15, 0.2) is 0 Å². The van der Waals surface area contributed by atoms with Crippen LogP contribution in [0.25, 0.3) is 0 Å². The van der Waals surface area contributed by atoms with Crippen LogP contribution in [-0.4, -0.2) is 32.9 Å². The summed E-state index contributed by atoms with van der Waals surface area (Å²) >= 11 is 0. The smallest absolute Gasteiger partial charge is 0.750 e. The summed E-state index contributed by atoms with van der Waals surface area (Å²) in [7, 11) is -12.6. The van der Waals surface area contributed by atoms with Crippen molar-refractivity contribution >= 4 is 24.3 Å². The Morgan fingerprint density at radius 3 is 0.864 bits per heavy atom. The molecule has 0 spiro atoms. The van der Waals surface area contributed by atoms with Crippen LogP contribution in [0.1, 0.15) is 0 Å². The third-order valence-corrected chi connectivity index (χ3v) is 3.00. The van der Waals surface area contributed by atoms with E-state index in [0.29, 0.717) is 0 Å². The van der Waals surface area contributed by atoms with Gasteiger partial charge in [-0.1, -0.05) is 8.62 Å². The molecule has 0 radical (unpaired) electrons. The monoisotopic (exact) mass is 444 g/mol. The van der Waals surface area contributed by atoms with Gasteiger partial charge in [0.1, 0.15) is 0 Å². The van der Waals surface area contributed by atoms with E-state index in [4.69, 9.17) is 0 Å². The molecular formula is H12Na5O14P3+4. The van der Waals surface area contributed by atoms with Crippen LogP contribution in [0, 0.1) is 0 Å². The molecule has 14 nitrogen and oxygen atoms in total. The molecule has 22 heteroatoms. The average Bonchev–Trinajstić information content (AvgIpc) is 1.53. The van der Waals surface area contributed by atoms with Gasteiger partial charge in [-0.15, -0.1) is 0 Å². The fourth-order valence-electron chi connectivity index (χ4n) is 0.178. The van der Waals surface area contributed by atoms with Crippen molar-refractivity contribution in [1.82, 2.24) is 0 Å². The van der Waals surface area contributed by atoms with E-state index in [1.807, 2.05) is 0 Å². The van der Waals surface area contributed by atoms with E-state index >= 15 is 0 Å². The Morgan fingerprint density at radius 2 is 0.773 bits per heavy atom. The first-order valence-electron chi connectivity index (χ1n) is 1.83. The molecule has 0 aliphatic rings. The van der Waals surface area contributed by atoms with E-state index in [9.17, 15) is 28.4 Å². The first-order valence-corrected chi connectivity index (χ1v) is 5.48. The largest absolute Gasteiger partial charge is 1.00 e. The van der Waals surface area contributed by atoms with Gasteiger partial charge in [0.2, 0.25) is 0 Å². The molecule has 12 N–H and O–H groups in total. The summed E-state index contributed by atoms with van der Waals surface area (Å²) in [6.45, 7) is 0. The molecule has 0 aromatic carbocycles. The van der Waals surface area contributed by atoms with Gasteiger partial charge in [0.05, 0.1) is 0 Å². The summed E-state index contributed by atoms with van der Waals surface area (Å²) in [4.78, 5) is 29.2. The quantitative estimate of drug-likeness (QED) is 0.295. The maximum absolute atomic E-state index is 10.1. The summed E-state index contributed by atoms with van der Waals surface area (Å²) in [5.74, 6) is 0. The van der Waals surface area contributed by atoms with Gasteiger partial charge in [0, 0.05) is 0 Å². The third kappa shape index (κ3) is 64.0. The van der Waals surface area contributed by atoms with Gasteiger partial charge in [-0.2, -0.15) is 0 Å². The number of hydrogen-bond donors (Lipinski definition) is 0. The van der Waals surface area contributed by atoms with Gasteiger partial charge in [-0.3, -0.25) is 4.57 Å². The van der Waals surface area contributed by atoms with Crippen molar-refractivity contribution in [3.8, 4) is 0 Å². The molecule has 0 amide bonds. The van der Waals surface area contributed by atoms with Crippen molar-refractivity contribution in [2.24, 2.45) is 0 Å². The van der Waals surface area contributed by atoms with Crippen LogP contribution < -0.4 is 162 Å². The van der Waals surface area contributed by atoms with Crippen molar-refractivity contribution in [3.05, 3.63) is 0 Å². The summed E-state index contributed by atoms with van der Waals surface area (Å²) < 4.78 is 35.4. The summed E-state index contributed by atoms with van der Waals surface area (Å²) in [6.07, 6.45) is 0. The second-order valence-corrected chi connectivity index (χ2v) is 4.15. The van der Waals surface area contributed by atoms with E-state index in [-0.39, 0.29) is 181 Å². The molecule has 0 saturated carbocycles. The molecule has 0 aromatic rings. The predicted octanol–water partition coefficient (Wildman–Crippen LogP) is -21.4. The van der Waals surface area contributed by atoms with E-state index < -0.39 is 24.3 Å². The molecule has 0 aromatic heterocycles. The predicted molar refractivity (Wildman–Crippen MR) is 46.7 cm³/mol. The Bertz CT molecular complexity index is 215. The van der Waals surface area contributed by atoms with E-state index in [0.717, 1.165) is 0 Å². The molecule has 0 rings (SSSR count). The van der Waals surface area contributed by atoms with Gasteiger partial charge in [-0.05, 0) is 9.13 Å². The van der Waals surface area contributed by atoms with Crippen LogP contribution >= 0.6 is 24.3 Å². The summed E-state index contributed by atoms with van der Waals surface area (Å²) in [5, 5.41) is 0. The van der Waals surface area contributed by atoms with E-state index in [1.165, 1.54) is 0 Å². The Kier molecular flexibility index (Phi) is 166. The minimum Gasteiger partial charge on any atom is -0.750 e. The second-order valence-electron chi connectivity index (χ2n) is 1.06. The number of hydrogen-bond acceptors (Lipinski definition) is 8. The Hall–Kier alpha value is 4.99. The first-order chi connectivity index (χ1) is 4.83. The molecule has 2 atom stereocenters. The normalized spacial score (nSPS) is 9.41. The zero-order valence-corrected chi connectivity index (χ0v) is 25.3. The molecule has 112 valence electrons. The molecule has 0 saturated heterocycles. The molecule has 0 heterocycles. The van der Waals surface area contributed by atoms with Crippen molar-refractivity contribution in [2.45, 2.75) is 0 Å². The van der Waals surface area contributed by atoms with Crippen molar-refractivity contribution < 1.29 is 218 Å². The number of phosphoric acid groups is 1. The van der Waals surface area contributed by atoms with Gasteiger partial charge >= 0.3 is 172 Å². The van der Waals surface area contributed by atoms with Crippen LogP contribution in [0.3, 0.4) is 0 Å². The fourth-order valence-corrected chi connectivity index (χ4v) is 1.87. The van der Waals surface area contributed by atoms with Crippen LogP contribution in [0.4, 0.5) is 0 Å². The minimum absolute atomic E-state index is 0. The van der Waals surface area contributed by atoms with E-state index in [1.54, 1.807) is 0 Å². The van der Waals surface area contributed by atoms with Crippen molar-refractivity contribution in [1.29, 1.82) is 0 Å². The van der Waals surface area contributed by atoms with Crippen molar-refractivity contribution in [3.63, 3.8) is 0 Å². The van der Waals surface area contributed by atoms with Gasteiger partial charge in [-0.25, -0.2) is 0 Å². The fraction of sp³-hybridized carbons (Fsp3) is 0. The molecular weight excluding hydrogens is 432 g/mol. The molecule has 0 bridgehead atoms. The van der Waals surface area contributed by atoms with Crippen LogP contribution in [-0.2, 0) is 22.3 Å². The van der Waals surface area contributed by atoms with Gasteiger partial charge in [0.15, 0.2) is 0 Å². The Morgan fingerprint density at radius 1 is 0.636 bits per heavy atom. The molecule has 0 aliphatic heterocycles. The standard InChI is InChI=1S/5Na.HO8P3.6H2O/c;;;;;1-9(2)7-11(5,6)8-10(3)4;;;;;;/h;;;;;(H,5,6);6*1H2/q5*+1;;;;;;;/p-1. The second kappa shape index (κ2) is 45.0. The zero-order chi connectivity index (χ0) is 9.07. The SMILES string of the molecule is O.O.O.O.O.O.O=[P+]([O-])OP(=O)([O-])O[P+](=O)[O-].[Na+].[Na+].[Na+].[Na+].[Na+]. The molecule has 0 fully saturated rings. The van der Waals surface area contributed by atoms with Gasteiger partial charge < -0.3 is 47.5 Å². The third-order valence-electron chi connectivity index (χ3n) is 0.333. The summed E-state index contributed by atoms with van der Waals surface area (Å²) in [6, 6.07) is 0. The molecule has 22 heavy (non-hydrogen) atoms. The Balaban J connectivity index is -0.00000000909. The first kappa shape index (κ1) is 81.1. The zero-order valence-electron chi connectivity index (χ0n) is 12.6. The summed E-state index contributed by atoms with van der Waals surface area (Å²) in [5.41, 5.74) is 0. The number of rotatable bonds is 4. The molecule has 0 aliphatic carbocycles. The van der Waals surface area contributed by atoms with Crippen LogP contribution in [0.5, 0.6) is 0 Å². The maximum Gasteiger partial charge on any atom is 1.00 e. The average molecular weight is 444 g/mol. The Labute approximate surface area is 237 Å². The van der Waals surface area contributed by atoms with Crippen LogP contribution in [0.2, 0.25) is 0 Å². The molecule has 2 unspecified atom stereocenters.